The normalized spacial score (nSPS) is 13.8. The molecule has 0 aliphatic rings. The Morgan fingerprint density at radius 1 is 1.03 bits per heavy atom. The summed E-state index contributed by atoms with van der Waals surface area (Å²) in [7, 11) is 0. The summed E-state index contributed by atoms with van der Waals surface area (Å²) in [6, 6.07) is 1.18. The van der Waals surface area contributed by atoms with Gasteiger partial charge in [0.2, 0.25) is 0 Å². The van der Waals surface area contributed by atoms with Crippen molar-refractivity contribution < 1.29 is 36.2 Å². The van der Waals surface area contributed by atoms with Gasteiger partial charge in [0.15, 0.2) is 5.82 Å². The van der Waals surface area contributed by atoms with Crippen LogP contribution in [0.2, 0.25) is 5.02 Å². The highest BCUT2D eigenvalue weighted by Gasteiger charge is 2.34. The second kappa shape index (κ2) is 10.8. The van der Waals surface area contributed by atoms with Crippen LogP contribution in [0, 0.1) is 0 Å². The first-order chi connectivity index (χ1) is 18.2. The van der Waals surface area contributed by atoms with Crippen LogP contribution in [0.1, 0.15) is 50.8 Å². The maximum atomic E-state index is 13.0. The number of hydrogen-bond donors (Lipinski definition) is 4. The molecule has 0 radical (unpaired) electrons. The summed E-state index contributed by atoms with van der Waals surface area (Å²) in [6.07, 6.45) is -7.17. The van der Waals surface area contributed by atoms with Gasteiger partial charge in [-0.25, -0.2) is 24.9 Å². The minimum atomic E-state index is -4.74. The van der Waals surface area contributed by atoms with Gasteiger partial charge in [0.05, 0.1) is 34.7 Å². The molecule has 2 unspecified atom stereocenters. The summed E-state index contributed by atoms with van der Waals surface area (Å²) < 4.78 is 77.6. The highest BCUT2D eigenvalue weighted by molar-refractivity contribution is 7.13. The molecule has 4 heterocycles. The third-order valence-corrected chi connectivity index (χ3v) is 6.50. The number of aromatic nitrogens is 6. The zero-order valence-electron chi connectivity index (χ0n) is 19.3. The molecule has 4 rings (SSSR count). The van der Waals surface area contributed by atoms with Crippen molar-refractivity contribution in [3.8, 4) is 11.5 Å². The van der Waals surface area contributed by atoms with E-state index in [2.05, 4.69) is 40.5 Å². The number of aliphatic hydroxyl groups excluding tert-OH is 1. The number of halogens is 7. The van der Waals surface area contributed by atoms with Crippen LogP contribution >= 0.6 is 22.9 Å². The number of carbonyl (C=O) groups is 1. The van der Waals surface area contributed by atoms with Crippen LogP contribution in [0.15, 0.2) is 37.1 Å². The summed E-state index contributed by atoms with van der Waals surface area (Å²) in [5.74, 6) is -1.32. The Kier molecular flexibility index (Phi) is 7.87. The number of anilines is 1. The minimum absolute atomic E-state index is 0.00157. The lowest BCUT2D eigenvalue weighted by Gasteiger charge is -2.17. The van der Waals surface area contributed by atoms with Crippen LogP contribution in [-0.4, -0.2) is 40.9 Å². The lowest BCUT2D eigenvalue weighted by molar-refractivity contribution is -0.141. The number of aromatic amines is 1. The summed E-state index contributed by atoms with van der Waals surface area (Å²) in [5.41, 5.74) is -2.21. The Balaban J connectivity index is 1.42. The topological polar surface area (TPSA) is 142 Å². The zero-order valence-corrected chi connectivity index (χ0v) is 20.8. The molecule has 0 aliphatic carbocycles. The Bertz CT molecular complexity index is 1490. The Labute approximate surface area is 223 Å². The molecule has 39 heavy (non-hydrogen) atoms. The largest absolute Gasteiger partial charge is 0.432 e. The van der Waals surface area contributed by atoms with E-state index in [1.54, 1.807) is 6.92 Å². The van der Waals surface area contributed by atoms with Gasteiger partial charge >= 0.3 is 12.4 Å². The number of H-pyrrole nitrogens is 1. The van der Waals surface area contributed by atoms with Crippen molar-refractivity contribution in [2.75, 3.05) is 5.32 Å². The monoisotopic (exact) mass is 592 g/mol. The maximum absolute atomic E-state index is 13.0. The standard InChI is InChI=1S/C21H15ClF6N8O2S/c1-8(34-17(37)12-3-11(32-7-33-12)16-30-6-14(35-16)21(26,27)28)19-31-5-13(39-19)18(38)36-15-2-9(20(23,24)25)10(22)4-29-15/h2-8,17,34,37H,1H3,(H,30,35)(H,29,36,38). The second-order valence-corrected chi connectivity index (χ2v) is 9.30. The fraction of sp³-hybridized carbons (Fsp3) is 0.238. The van der Waals surface area contributed by atoms with Gasteiger partial charge in [0.25, 0.3) is 5.91 Å². The van der Waals surface area contributed by atoms with Gasteiger partial charge < -0.3 is 15.4 Å². The molecule has 1 amide bonds. The van der Waals surface area contributed by atoms with E-state index in [-0.39, 0.29) is 27.9 Å². The van der Waals surface area contributed by atoms with Crippen molar-refractivity contribution in [3.05, 3.63) is 68.9 Å². The Hall–Kier alpha value is -3.67. The van der Waals surface area contributed by atoms with E-state index in [1.807, 2.05) is 0 Å². The highest BCUT2D eigenvalue weighted by atomic mass is 35.5. The number of aliphatic hydroxyl groups is 1. The molecule has 0 saturated carbocycles. The third kappa shape index (κ3) is 6.67. The van der Waals surface area contributed by atoms with Crippen molar-refractivity contribution in [1.82, 2.24) is 35.2 Å². The van der Waals surface area contributed by atoms with Crippen molar-refractivity contribution in [1.29, 1.82) is 0 Å². The van der Waals surface area contributed by atoms with Crippen LogP contribution in [0.5, 0.6) is 0 Å². The predicted octanol–water partition coefficient (Wildman–Crippen LogP) is 5.00. The van der Waals surface area contributed by atoms with E-state index in [1.165, 1.54) is 12.3 Å². The number of rotatable bonds is 7. The minimum Gasteiger partial charge on any atom is -0.373 e. The van der Waals surface area contributed by atoms with Crippen LogP contribution < -0.4 is 10.6 Å². The number of pyridine rings is 1. The predicted molar refractivity (Wildman–Crippen MR) is 125 cm³/mol. The van der Waals surface area contributed by atoms with Crippen LogP contribution in [0.4, 0.5) is 32.2 Å². The molecular formula is C21H15ClF6N8O2S. The molecular weight excluding hydrogens is 578 g/mol. The van der Waals surface area contributed by atoms with E-state index in [9.17, 15) is 36.2 Å². The van der Waals surface area contributed by atoms with Crippen LogP contribution in [0.25, 0.3) is 11.5 Å². The molecule has 4 N–H and O–H groups in total. The van der Waals surface area contributed by atoms with Gasteiger partial charge in [0.1, 0.15) is 39.6 Å². The number of thiazole rings is 1. The van der Waals surface area contributed by atoms with Crippen molar-refractivity contribution in [2.24, 2.45) is 0 Å². The third-order valence-electron chi connectivity index (χ3n) is 5.02. The van der Waals surface area contributed by atoms with Gasteiger partial charge in [-0.05, 0) is 19.1 Å². The first-order valence-electron chi connectivity index (χ1n) is 10.6. The van der Waals surface area contributed by atoms with Crippen molar-refractivity contribution in [3.63, 3.8) is 0 Å². The fourth-order valence-electron chi connectivity index (χ4n) is 3.14. The van der Waals surface area contributed by atoms with Gasteiger partial charge in [0, 0.05) is 6.20 Å². The van der Waals surface area contributed by atoms with E-state index in [0.717, 1.165) is 23.9 Å². The van der Waals surface area contributed by atoms with Gasteiger partial charge in [-0.2, -0.15) is 26.3 Å². The van der Waals surface area contributed by atoms with Crippen molar-refractivity contribution in [2.45, 2.75) is 31.5 Å². The van der Waals surface area contributed by atoms with E-state index < -0.39 is 46.8 Å². The van der Waals surface area contributed by atoms with Gasteiger partial charge in [-0.3, -0.25) is 10.1 Å². The number of amides is 1. The van der Waals surface area contributed by atoms with Crippen LogP contribution in [0.3, 0.4) is 0 Å². The molecule has 0 saturated heterocycles. The van der Waals surface area contributed by atoms with E-state index in [0.29, 0.717) is 17.3 Å². The second-order valence-electron chi connectivity index (χ2n) is 7.83. The summed E-state index contributed by atoms with van der Waals surface area (Å²) in [5, 5.41) is 15.3. The Morgan fingerprint density at radius 2 is 1.77 bits per heavy atom. The average Bonchev–Trinajstić information content (AvgIpc) is 3.55. The lowest BCUT2D eigenvalue weighted by Crippen LogP contribution is -2.25. The summed E-state index contributed by atoms with van der Waals surface area (Å²) in [4.78, 5) is 33.9. The molecule has 4 aromatic heterocycles. The van der Waals surface area contributed by atoms with E-state index in [4.69, 9.17) is 11.6 Å². The molecule has 206 valence electrons. The quantitative estimate of drug-likeness (QED) is 0.173. The molecule has 0 fully saturated rings. The van der Waals surface area contributed by atoms with Crippen molar-refractivity contribution >= 4 is 34.7 Å². The zero-order chi connectivity index (χ0) is 28.5. The number of alkyl halides is 6. The smallest absolute Gasteiger partial charge is 0.373 e. The molecule has 0 bridgehead atoms. The molecule has 0 aromatic carbocycles. The lowest BCUT2D eigenvalue weighted by atomic mass is 10.2. The number of hydrogen-bond acceptors (Lipinski definition) is 9. The molecule has 0 spiro atoms. The number of imidazole rings is 1. The molecule has 10 nitrogen and oxygen atoms in total. The average molecular weight is 593 g/mol. The summed E-state index contributed by atoms with van der Waals surface area (Å²) in [6.45, 7) is 1.60. The molecule has 2 atom stereocenters. The maximum Gasteiger partial charge on any atom is 0.432 e. The SMILES string of the molecule is CC(NC(O)c1cc(-c2ncc(C(F)(F)F)[nH]2)ncn1)c1ncc(C(=O)Nc2cc(C(F)(F)F)c(Cl)cn2)s1. The van der Waals surface area contributed by atoms with E-state index >= 15 is 0 Å². The highest BCUT2D eigenvalue weighted by Crippen LogP contribution is 2.35. The van der Waals surface area contributed by atoms with Crippen LogP contribution in [-0.2, 0) is 12.4 Å². The number of nitrogens with one attached hydrogen (secondary N) is 3. The Morgan fingerprint density at radius 3 is 2.44 bits per heavy atom. The first kappa shape index (κ1) is 28.3. The molecule has 18 heteroatoms. The van der Waals surface area contributed by atoms with Gasteiger partial charge in [-0.1, -0.05) is 11.6 Å². The first-order valence-corrected chi connectivity index (χ1v) is 11.8. The molecule has 0 aliphatic heterocycles. The number of carbonyl (C=O) groups excluding carboxylic acids is 1. The number of nitrogens with zero attached hydrogens (tertiary/aromatic N) is 5. The fourth-order valence-corrected chi connectivity index (χ4v) is 4.17. The molecule has 4 aromatic rings. The summed E-state index contributed by atoms with van der Waals surface area (Å²) >= 11 is 6.43. The van der Waals surface area contributed by atoms with Gasteiger partial charge in [-0.15, -0.1) is 11.3 Å².